The van der Waals surface area contributed by atoms with Crippen molar-refractivity contribution in [3.05, 3.63) is 65.0 Å². The number of ether oxygens (including phenoxy) is 1. The van der Waals surface area contributed by atoms with E-state index < -0.39 is 0 Å². The fourth-order valence-corrected chi connectivity index (χ4v) is 3.50. The average molecular weight is 328 g/mol. The zero-order valence-electron chi connectivity index (χ0n) is 14.4. The van der Waals surface area contributed by atoms with Crippen LogP contribution in [0.1, 0.15) is 29.2 Å². The van der Waals surface area contributed by atoms with E-state index in [0.717, 1.165) is 43.9 Å². The molecule has 0 aliphatic carbocycles. The summed E-state index contributed by atoms with van der Waals surface area (Å²) in [6, 6.07) is 13.2. The van der Waals surface area contributed by atoms with Gasteiger partial charge in [0.25, 0.3) is 0 Å². The molecular weight excluding hydrogens is 303 g/mol. The Kier molecular flexibility index (Phi) is 5.48. The van der Waals surface area contributed by atoms with E-state index >= 15 is 0 Å². The van der Waals surface area contributed by atoms with Crippen LogP contribution in [0.2, 0.25) is 0 Å². The molecule has 128 valence electrons. The van der Waals surface area contributed by atoms with Crippen molar-refractivity contribution in [1.29, 1.82) is 0 Å². The molecule has 0 bridgehead atoms. The molecule has 1 aliphatic heterocycles. The summed E-state index contributed by atoms with van der Waals surface area (Å²) < 4.78 is 19.6. The van der Waals surface area contributed by atoms with E-state index in [0.29, 0.717) is 0 Å². The summed E-state index contributed by atoms with van der Waals surface area (Å²) >= 11 is 0. The highest BCUT2D eigenvalue weighted by Gasteiger charge is 2.27. The number of nitrogens with one attached hydrogen (secondary N) is 1. The third kappa shape index (κ3) is 3.60. The van der Waals surface area contributed by atoms with Gasteiger partial charge in [-0.2, -0.15) is 0 Å². The van der Waals surface area contributed by atoms with E-state index in [1.807, 2.05) is 6.07 Å². The van der Waals surface area contributed by atoms with Gasteiger partial charge in [0.05, 0.1) is 13.2 Å². The first-order chi connectivity index (χ1) is 11.7. The Morgan fingerprint density at radius 3 is 2.71 bits per heavy atom. The predicted molar refractivity (Wildman–Crippen MR) is 95.0 cm³/mol. The van der Waals surface area contributed by atoms with Crippen molar-refractivity contribution in [1.82, 2.24) is 10.2 Å². The standard InChI is InChI=1S/C20H25FN2O/c1-15-6-3-4-7-17(15)20(23-12-5-10-22-11-13-23)18-14-16(21)8-9-19(18)24-2/h3-4,6-9,14,20,22H,5,10-13H2,1-2H3. The van der Waals surface area contributed by atoms with Crippen LogP contribution in [0.15, 0.2) is 42.5 Å². The second-order valence-corrected chi connectivity index (χ2v) is 6.28. The Morgan fingerprint density at radius 2 is 1.92 bits per heavy atom. The minimum Gasteiger partial charge on any atom is -0.496 e. The van der Waals surface area contributed by atoms with Gasteiger partial charge < -0.3 is 10.1 Å². The molecule has 0 radical (unpaired) electrons. The van der Waals surface area contributed by atoms with Gasteiger partial charge in [-0.15, -0.1) is 0 Å². The number of hydrogen-bond donors (Lipinski definition) is 1. The molecular formula is C20H25FN2O. The SMILES string of the molecule is COc1ccc(F)cc1C(c1ccccc1C)N1CCCNCC1. The summed E-state index contributed by atoms with van der Waals surface area (Å²) in [5, 5.41) is 3.44. The highest BCUT2D eigenvalue weighted by molar-refractivity contribution is 5.44. The molecule has 1 fully saturated rings. The third-order valence-electron chi connectivity index (χ3n) is 4.71. The van der Waals surface area contributed by atoms with Crippen LogP contribution >= 0.6 is 0 Å². The Labute approximate surface area is 143 Å². The van der Waals surface area contributed by atoms with Crippen LogP contribution in [-0.4, -0.2) is 38.2 Å². The van der Waals surface area contributed by atoms with Crippen molar-refractivity contribution in [2.45, 2.75) is 19.4 Å². The van der Waals surface area contributed by atoms with Gasteiger partial charge in [0.15, 0.2) is 0 Å². The molecule has 4 heteroatoms. The molecule has 0 saturated carbocycles. The molecule has 0 amide bonds. The minimum absolute atomic E-state index is 0.00301. The molecule has 0 spiro atoms. The Bertz CT molecular complexity index is 681. The van der Waals surface area contributed by atoms with Crippen LogP contribution < -0.4 is 10.1 Å². The first-order valence-corrected chi connectivity index (χ1v) is 8.54. The molecule has 24 heavy (non-hydrogen) atoms. The second kappa shape index (κ2) is 7.77. The number of nitrogens with zero attached hydrogens (tertiary/aromatic N) is 1. The molecule has 1 atom stereocenters. The van der Waals surface area contributed by atoms with E-state index in [2.05, 4.69) is 35.3 Å². The fraction of sp³-hybridized carbons (Fsp3) is 0.400. The van der Waals surface area contributed by atoms with E-state index in [1.54, 1.807) is 19.2 Å². The van der Waals surface area contributed by atoms with Gasteiger partial charge in [0, 0.05) is 25.2 Å². The molecule has 3 nitrogen and oxygen atoms in total. The van der Waals surface area contributed by atoms with E-state index in [4.69, 9.17) is 4.74 Å². The van der Waals surface area contributed by atoms with Crippen molar-refractivity contribution >= 4 is 0 Å². The minimum atomic E-state index is -0.225. The van der Waals surface area contributed by atoms with Crippen molar-refractivity contribution in [3.8, 4) is 5.75 Å². The number of methoxy groups -OCH3 is 1. The highest BCUT2D eigenvalue weighted by atomic mass is 19.1. The van der Waals surface area contributed by atoms with Crippen molar-refractivity contribution in [3.63, 3.8) is 0 Å². The van der Waals surface area contributed by atoms with Gasteiger partial charge >= 0.3 is 0 Å². The number of benzene rings is 2. The lowest BCUT2D eigenvalue weighted by molar-refractivity contribution is 0.235. The fourth-order valence-electron chi connectivity index (χ4n) is 3.50. The topological polar surface area (TPSA) is 24.5 Å². The van der Waals surface area contributed by atoms with Gasteiger partial charge in [-0.1, -0.05) is 24.3 Å². The molecule has 1 aliphatic rings. The average Bonchev–Trinajstić information content (AvgIpc) is 2.86. The van der Waals surface area contributed by atoms with Gasteiger partial charge in [0.1, 0.15) is 11.6 Å². The lowest BCUT2D eigenvalue weighted by Gasteiger charge is -2.33. The first-order valence-electron chi connectivity index (χ1n) is 8.54. The van der Waals surface area contributed by atoms with Gasteiger partial charge in [-0.3, -0.25) is 4.90 Å². The number of rotatable bonds is 4. The van der Waals surface area contributed by atoms with Crippen molar-refractivity contribution in [2.75, 3.05) is 33.3 Å². The lowest BCUT2D eigenvalue weighted by Crippen LogP contribution is -2.33. The molecule has 3 rings (SSSR count). The largest absolute Gasteiger partial charge is 0.496 e. The van der Waals surface area contributed by atoms with Crippen LogP contribution in [0.4, 0.5) is 4.39 Å². The summed E-state index contributed by atoms with van der Waals surface area (Å²) in [6.45, 7) is 5.99. The summed E-state index contributed by atoms with van der Waals surface area (Å²) in [4.78, 5) is 2.43. The van der Waals surface area contributed by atoms with Crippen LogP contribution in [-0.2, 0) is 0 Å². The Morgan fingerprint density at radius 1 is 1.08 bits per heavy atom. The summed E-state index contributed by atoms with van der Waals surface area (Å²) in [6.07, 6.45) is 1.08. The molecule has 1 heterocycles. The van der Waals surface area contributed by atoms with E-state index in [-0.39, 0.29) is 11.9 Å². The molecule has 2 aromatic rings. The predicted octanol–water partition coefficient (Wildman–Crippen LogP) is 3.53. The quantitative estimate of drug-likeness (QED) is 0.929. The zero-order chi connectivity index (χ0) is 16.9. The second-order valence-electron chi connectivity index (χ2n) is 6.28. The zero-order valence-corrected chi connectivity index (χ0v) is 14.4. The number of hydrogen-bond acceptors (Lipinski definition) is 3. The third-order valence-corrected chi connectivity index (χ3v) is 4.71. The van der Waals surface area contributed by atoms with Crippen LogP contribution in [0.3, 0.4) is 0 Å². The summed E-state index contributed by atoms with van der Waals surface area (Å²) in [5.74, 6) is 0.513. The van der Waals surface area contributed by atoms with E-state index in [1.165, 1.54) is 17.2 Å². The van der Waals surface area contributed by atoms with Gasteiger partial charge in [0.2, 0.25) is 0 Å². The van der Waals surface area contributed by atoms with Crippen LogP contribution in [0.5, 0.6) is 5.75 Å². The summed E-state index contributed by atoms with van der Waals surface area (Å²) in [5.41, 5.74) is 3.32. The monoisotopic (exact) mass is 328 g/mol. The molecule has 0 aromatic heterocycles. The number of halogens is 1. The van der Waals surface area contributed by atoms with Gasteiger partial charge in [-0.05, 0) is 49.2 Å². The van der Waals surface area contributed by atoms with Crippen molar-refractivity contribution < 1.29 is 9.13 Å². The lowest BCUT2D eigenvalue weighted by atomic mass is 9.92. The first kappa shape index (κ1) is 16.9. The maximum atomic E-state index is 14.0. The van der Waals surface area contributed by atoms with Crippen LogP contribution in [0.25, 0.3) is 0 Å². The van der Waals surface area contributed by atoms with Gasteiger partial charge in [-0.25, -0.2) is 4.39 Å². The number of aryl methyl sites for hydroxylation is 1. The smallest absolute Gasteiger partial charge is 0.124 e. The maximum absolute atomic E-state index is 14.0. The maximum Gasteiger partial charge on any atom is 0.124 e. The summed E-state index contributed by atoms with van der Waals surface area (Å²) in [7, 11) is 1.65. The molecule has 1 unspecified atom stereocenters. The highest BCUT2D eigenvalue weighted by Crippen LogP contribution is 2.36. The molecule has 2 aromatic carbocycles. The van der Waals surface area contributed by atoms with Crippen LogP contribution in [0, 0.1) is 12.7 Å². The normalized spacial score (nSPS) is 17.3. The Hall–Kier alpha value is -1.91. The molecule has 1 N–H and O–H groups in total. The molecule has 1 saturated heterocycles. The van der Waals surface area contributed by atoms with E-state index in [9.17, 15) is 4.39 Å². The Balaban J connectivity index is 2.11. The van der Waals surface area contributed by atoms with Crippen molar-refractivity contribution in [2.24, 2.45) is 0 Å².